The zero-order chi connectivity index (χ0) is 9.28. The highest BCUT2D eigenvalue weighted by molar-refractivity contribution is 6.62. The Morgan fingerprint density at radius 3 is 1.73 bits per heavy atom. The lowest BCUT2D eigenvalue weighted by molar-refractivity contribution is 0.122. The largest absolute Gasteiger partial charge is 0.415 e. The van der Waals surface area contributed by atoms with Crippen LogP contribution in [-0.4, -0.2) is 14.8 Å². The average Bonchev–Trinajstić information content (AvgIpc) is 1.56. The Balaban J connectivity index is 4.34. The Hall–Kier alpha value is 0.630. The predicted octanol–water partition coefficient (Wildman–Crippen LogP) is 3.51. The van der Waals surface area contributed by atoms with Crippen molar-refractivity contribution in [2.24, 2.45) is 0 Å². The van der Waals surface area contributed by atoms with Crippen molar-refractivity contribution < 1.29 is 9.53 Å². The molecule has 0 heterocycles. The Morgan fingerprint density at radius 1 is 1.27 bits per heavy atom. The van der Waals surface area contributed by atoms with E-state index in [0.717, 1.165) is 0 Å². The minimum Gasteiger partial charge on any atom is -0.415 e. The van der Waals surface area contributed by atoms with Crippen LogP contribution in [0.15, 0.2) is 0 Å². The molecule has 0 bridgehead atoms. The highest BCUT2D eigenvalue weighted by Crippen LogP contribution is 2.40. The summed E-state index contributed by atoms with van der Waals surface area (Å²) in [5.41, 5.74) is -1.09. The molecule has 0 saturated carbocycles. The number of alkyl halides is 3. The molecule has 6 heteroatoms. The molecule has 0 aromatic carbocycles. The lowest BCUT2D eigenvalue weighted by Gasteiger charge is -2.29. The maximum atomic E-state index is 10.2. The van der Waals surface area contributed by atoms with Crippen LogP contribution in [0.1, 0.15) is 13.8 Å². The van der Waals surface area contributed by atoms with Crippen LogP contribution in [0.4, 0.5) is 4.79 Å². The van der Waals surface area contributed by atoms with Crippen LogP contribution in [-0.2, 0) is 4.74 Å². The third kappa shape index (κ3) is 3.70. The number of hydrogen-bond acceptors (Lipinski definition) is 2. The lowest BCUT2D eigenvalue weighted by atomic mass is 10.2. The van der Waals surface area contributed by atoms with E-state index in [-0.39, 0.29) is 0 Å². The molecule has 0 spiro atoms. The number of hydrogen-bond donors (Lipinski definition) is 0. The van der Waals surface area contributed by atoms with Gasteiger partial charge in [-0.15, -0.1) is 11.6 Å². The van der Waals surface area contributed by atoms with Crippen LogP contribution in [0, 0.1) is 0 Å². The fourth-order valence-corrected chi connectivity index (χ4v) is 0.596. The summed E-state index contributed by atoms with van der Waals surface area (Å²) in [5, 5.41) is 0. The quantitative estimate of drug-likeness (QED) is 0.545. The van der Waals surface area contributed by atoms with Gasteiger partial charge >= 0.3 is 5.43 Å². The molecule has 0 amide bonds. The molecule has 2 nitrogen and oxygen atoms in total. The van der Waals surface area contributed by atoms with Crippen LogP contribution >= 0.6 is 46.4 Å². The Labute approximate surface area is 84.7 Å². The second-order valence-corrected chi connectivity index (χ2v) is 4.84. The summed E-state index contributed by atoms with van der Waals surface area (Å²) >= 11 is 21.6. The van der Waals surface area contributed by atoms with Gasteiger partial charge in [0.05, 0.1) is 0 Å². The molecule has 0 N–H and O–H groups in total. The van der Waals surface area contributed by atoms with E-state index >= 15 is 0 Å². The molecule has 0 aliphatic rings. The minimum absolute atomic E-state index is 1.09. The van der Waals surface area contributed by atoms with Gasteiger partial charge in [-0.1, -0.05) is 23.2 Å². The van der Waals surface area contributed by atoms with Crippen molar-refractivity contribution in [3.8, 4) is 0 Å². The first-order valence-electron chi connectivity index (χ1n) is 2.62. The standard InChI is InChI=1S/C5H6Cl4O2/c1-4(2,7)5(8,9)11-3(6)10/h1-2H3. The number of rotatable bonds is 2. The third-order valence-electron chi connectivity index (χ3n) is 0.901. The van der Waals surface area contributed by atoms with E-state index in [0.29, 0.717) is 0 Å². The Kier molecular flexibility index (Phi) is 3.77. The van der Waals surface area contributed by atoms with Gasteiger partial charge in [0, 0.05) is 11.6 Å². The van der Waals surface area contributed by atoms with Gasteiger partial charge in [0.1, 0.15) is 4.87 Å². The first kappa shape index (κ1) is 11.6. The SMILES string of the molecule is CC(C)(Cl)C(Cl)(Cl)OC(=O)Cl. The molecule has 0 aromatic rings. The molecule has 0 radical (unpaired) electrons. The fraction of sp³-hybridized carbons (Fsp3) is 0.800. The fourth-order valence-electron chi connectivity index (χ4n) is 0.222. The minimum atomic E-state index is -1.81. The zero-order valence-electron chi connectivity index (χ0n) is 5.83. The molecule has 0 aromatic heterocycles. The molecule has 0 unspecified atom stereocenters. The summed E-state index contributed by atoms with van der Waals surface area (Å²) in [6.45, 7) is 2.99. The van der Waals surface area contributed by atoms with Gasteiger partial charge in [-0.2, -0.15) is 0 Å². The zero-order valence-corrected chi connectivity index (χ0v) is 8.85. The highest BCUT2D eigenvalue weighted by Gasteiger charge is 2.44. The maximum Gasteiger partial charge on any atom is 0.406 e. The second kappa shape index (κ2) is 3.56. The Morgan fingerprint density at radius 2 is 1.64 bits per heavy atom. The van der Waals surface area contributed by atoms with Gasteiger partial charge in [0.15, 0.2) is 0 Å². The van der Waals surface area contributed by atoms with Crippen molar-refractivity contribution in [1.82, 2.24) is 0 Å². The van der Waals surface area contributed by atoms with E-state index in [1.807, 2.05) is 0 Å². The van der Waals surface area contributed by atoms with Crippen LogP contribution < -0.4 is 0 Å². The van der Waals surface area contributed by atoms with Crippen LogP contribution in [0.25, 0.3) is 0 Å². The first-order valence-corrected chi connectivity index (χ1v) is 4.13. The molecule has 0 aliphatic carbocycles. The molecule has 0 saturated heterocycles. The van der Waals surface area contributed by atoms with Gasteiger partial charge in [0.2, 0.25) is 0 Å². The van der Waals surface area contributed by atoms with Crippen molar-refractivity contribution in [3.05, 3.63) is 0 Å². The molecule has 66 valence electrons. The summed E-state index contributed by atoms with van der Waals surface area (Å²) in [7, 11) is 0. The second-order valence-electron chi connectivity index (χ2n) is 2.33. The van der Waals surface area contributed by atoms with Gasteiger partial charge in [-0.3, -0.25) is 0 Å². The molecule has 0 rings (SSSR count). The van der Waals surface area contributed by atoms with E-state index in [1.54, 1.807) is 0 Å². The summed E-state index contributed by atoms with van der Waals surface area (Å²) in [6, 6.07) is 0. The lowest BCUT2D eigenvalue weighted by Crippen LogP contribution is -2.38. The topological polar surface area (TPSA) is 26.3 Å². The first-order chi connectivity index (χ1) is 4.67. The third-order valence-corrected chi connectivity index (χ3v) is 2.54. The predicted molar refractivity (Wildman–Crippen MR) is 46.7 cm³/mol. The normalized spacial score (nSPS) is 12.9. The molecular formula is C5H6Cl4O2. The van der Waals surface area contributed by atoms with Gasteiger partial charge in [0.25, 0.3) is 4.52 Å². The van der Waals surface area contributed by atoms with Gasteiger partial charge < -0.3 is 4.74 Å². The summed E-state index contributed by atoms with van der Waals surface area (Å²) < 4.78 is 2.52. The van der Waals surface area contributed by atoms with E-state index in [4.69, 9.17) is 46.4 Å². The summed E-state index contributed by atoms with van der Waals surface area (Å²) in [6.07, 6.45) is 0. The van der Waals surface area contributed by atoms with Gasteiger partial charge in [-0.05, 0) is 13.8 Å². The van der Waals surface area contributed by atoms with Crippen molar-refractivity contribution in [2.75, 3.05) is 0 Å². The summed E-state index contributed by atoms with van der Waals surface area (Å²) in [5.74, 6) is 0. The Bertz CT molecular complexity index is 160. The molecular weight excluding hydrogens is 234 g/mol. The highest BCUT2D eigenvalue weighted by atomic mass is 35.5. The van der Waals surface area contributed by atoms with Crippen LogP contribution in [0.2, 0.25) is 0 Å². The average molecular weight is 240 g/mol. The monoisotopic (exact) mass is 238 g/mol. The molecule has 11 heavy (non-hydrogen) atoms. The number of carbonyl (C=O) groups excluding carboxylic acids is 1. The smallest absolute Gasteiger partial charge is 0.406 e. The van der Waals surface area contributed by atoms with Crippen molar-refractivity contribution in [2.45, 2.75) is 23.2 Å². The number of carbonyl (C=O) groups is 1. The van der Waals surface area contributed by atoms with Crippen LogP contribution in [0.5, 0.6) is 0 Å². The maximum absolute atomic E-state index is 10.2. The van der Waals surface area contributed by atoms with Crippen molar-refractivity contribution in [3.63, 3.8) is 0 Å². The number of halogens is 4. The van der Waals surface area contributed by atoms with Crippen molar-refractivity contribution >= 4 is 51.8 Å². The van der Waals surface area contributed by atoms with E-state index in [2.05, 4.69) is 4.74 Å². The number of ether oxygens (including phenoxy) is 1. The summed E-state index contributed by atoms with van der Waals surface area (Å²) in [4.78, 5) is 9.13. The molecule has 0 aliphatic heterocycles. The van der Waals surface area contributed by atoms with Crippen LogP contribution in [0.3, 0.4) is 0 Å². The van der Waals surface area contributed by atoms with Gasteiger partial charge in [-0.25, -0.2) is 4.79 Å². The van der Waals surface area contributed by atoms with E-state index in [9.17, 15) is 4.79 Å². The van der Waals surface area contributed by atoms with E-state index < -0.39 is 14.8 Å². The van der Waals surface area contributed by atoms with Crippen molar-refractivity contribution in [1.29, 1.82) is 0 Å². The molecule has 0 atom stereocenters. The van der Waals surface area contributed by atoms with E-state index in [1.165, 1.54) is 13.8 Å². The molecule has 0 fully saturated rings.